The van der Waals surface area contributed by atoms with Crippen LogP contribution in [0, 0.1) is 0 Å². The van der Waals surface area contributed by atoms with Gasteiger partial charge in [-0.15, -0.1) is 0 Å². The van der Waals surface area contributed by atoms with E-state index in [4.69, 9.17) is 4.74 Å². The van der Waals surface area contributed by atoms with E-state index in [0.29, 0.717) is 0 Å². The van der Waals surface area contributed by atoms with Crippen molar-refractivity contribution in [2.75, 3.05) is 18.7 Å². The molecule has 3 nitrogen and oxygen atoms in total. The maximum absolute atomic E-state index is 5.09. The molecular formula is C10H11BrN2O. The molecule has 1 aromatic rings. The van der Waals surface area contributed by atoms with Gasteiger partial charge in [-0.3, -0.25) is 5.01 Å². The molecule has 1 aliphatic rings. The Bertz CT molecular complexity index is 348. The fourth-order valence-electron chi connectivity index (χ4n) is 1.37. The standard InChI is InChI=1S/C10H11BrN2O/c1-14-9-4-2-8(3-5-9)13-7-6-10(11)12-13/h2-5H,6-7H2,1H3. The molecule has 0 aliphatic carbocycles. The van der Waals surface area contributed by atoms with Crippen LogP contribution in [0.15, 0.2) is 29.4 Å². The van der Waals surface area contributed by atoms with Crippen molar-refractivity contribution < 1.29 is 4.74 Å². The summed E-state index contributed by atoms with van der Waals surface area (Å²) in [6.45, 7) is 0.937. The third-order valence-electron chi connectivity index (χ3n) is 2.13. The fraction of sp³-hybridized carbons (Fsp3) is 0.300. The van der Waals surface area contributed by atoms with Gasteiger partial charge in [-0.1, -0.05) is 0 Å². The third kappa shape index (κ3) is 1.90. The molecule has 74 valence electrons. The zero-order valence-electron chi connectivity index (χ0n) is 7.90. The number of hydrazone groups is 1. The highest BCUT2D eigenvalue weighted by atomic mass is 79.9. The first kappa shape index (κ1) is 9.52. The summed E-state index contributed by atoms with van der Waals surface area (Å²) in [6, 6.07) is 7.90. The van der Waals surface area contributed by atoms with Crippen LogP contribution in [0.3, 0.4) is 0 Å². The number of hydrogen-bond donors (Lipinski definition) is 0. The van der Waals surface area contributed by atoms with Crippen molar-refractivity contribution in [1.29, 1.82) is 0 Å². The highest BCUT2D eigenvalue weighted by Gasteiger charge is 2.13. The Hall–Kier alpha value is -1.03. The maximum Gasteiger partial charge on any atom is 0.119 e. The average Bonchev–Trinajstić information content (AvgIpc) is 2.65. The summed E-state index contributed by atoms with van der Waals surface area (Å²) >= 11 is 3.39. The first-order valence-corrected chi connectivity index (χ1v) is 5.23. The molecule has 4 heteroatoms. The van der Waals surface area contributed by atoms with Crippen molar-refractivity contribution in [2.45, 2.75) is 6.42 Å². The molecule has 0 saturated carbocycles. The van der Waals surface area contributed by atoms with Gasteiger partial charge in [-0.05, 0) is 40.2 Å². The molecule has 1 aromatic carbocycles. The van der Waals surface area contributed by atoms with Gasteiger partial charge in [0, 0.05) is 13.0 Å². The van der Waals surface area contributed by atoms with Crippen LogP contribution in [0.1, 0.15) is 6.42 Å². The minimum absolute atomic E-state index is 0.871. The van der Waals surface area contributed by atoms with Crippen molar-refractivity contribution in [3.8, 4) is 5.75 Å². The average molecular weight is 255 g/mol. The van der Waals surface area contributed by atoms with Crippen LogP contribution in [0.5, 0.6) is 5.75 Å². The van der Waals surface area contributed by atoms with E-state index in [0.717, 1.165) is 29.0 Å². The van der Waals surface area contributed by atoms with Gasteiger partial charge in [0.05, 0.1) is 12.8 Å². The highest BCUT2D eigenvalue weighted by Crippen LogP contribution is 2.23. The second kappa shape index (κ2) is 4.00. The Morgan fingerprint density at radius 2 is 2.07 bits per heavy atom. The lowest BCUT2D eigenvalue weighted by Gasteiger charge is -2.13. The van der Waals surface area contributed by atoms with Crippen LogP contribution in [-0.4, -0.2) is 18.3 Å². The van der Waals surface area contributed by atoms with Crippen LogP contribution in [0.2, 0.25) is 0 Å². The molecule has 0 spiro atoms. The number of methoxy groups -OCH3 is 1. The van der Waals surface area contributed by atoms with Crippen molar-refractivity contribution in [2.24, 2.45) is 5.10 Å². The minimum atomic E-state index is 0.871. The van der Waals surface area contributed by atoms with Gasteiger partial charge < -0.3 is 4.74 Å². The number of nitrogens with zero attached hydrogens (tertiary/aromatic N) is 2. The van der Waals surface area contributed by atoms with E-state index >= 15 is 0 Å². The van der Waals surface area contributed by atoms with Gasteiger partial charge in [-0.2, -0.15) is 5.10 Å². The van der Waals surface area contributed by atoms with Crippen molar-refractivity contribution in [1.82, 2.24) is 0 Å². The Morgan fingerprint density at radius 3 is 2.57 bits per heavy atom. The summed E-state index contributed by atoms with van der Waals surface area (Å²) in [5.41, 5.74) is 1.10. The Morgan fingerprint density at radius 1 is 1.36 bits per heavy atom. The van der Waals surface area contributed by atoms with Crippen LogP contribution in [0.25, 0.3) is 0 Å². The molecule has 0 N–H and O–H groups in total. The van der Waals surface area contributed by atoms with Crippen molar-refractivity contribution in [3.63, 3.8) is 0 Å². The predicted molar refractivity (Wildman–Crippen MR) is 61.3 cm³/mol. The summed E-state index contributed by atoms with van der Waals surface area (Å²) in [5, 5.41) is 6.32. The van der Waals surface area contributed by atoms with Gasteiger partial charge >= 0.3 is 0 Å². The summed E-state index contributed by atoms with van der Waals surface area (Å²) in [4.78, 5) is 0. The van der Waals surface area contributed by atoms with E-state index in [-0.39, 0.29) is 0 Å². The van der Waals surface area contributed by atoms with Crippen LogP contribution in [0.4, 0.5) is 5.69 Å². The molecule has 2 rings (SSSR count). The number of ether oxygens (including phenoxy) is 1. The van der Waals surface area contributed by atoms with Gasteiger partial charge in [-0.25, -0.2) is 0 Å². The first-order chi connectivity index (χ1) is 6.79. The summed E-state index contributed by atoms with van der Waals surface area (Å²) < 4.78 is 6.10. The molecular weight excluding hydrogens is 244 g/mol. The lowest BCUT2D eigenvalue weighted by Crippen LogP contribution is -2.11. The molecule has 1 heterocycles. The molecule has 0 radical (unpaired) electrons. The van der Waals surface area contributed by atoms with E-state index in [2.05, 4.69) is 21.0 Å². The topological polar surface area (TPSA) is 24.8 Å². The number of benzene rings is 1. The van der Waals surface area contributed by atoms with Crippen LogP contribution in [-0.2, 0) is 0 Å². The number of hydrogen-bond acceptors (Lipinski definition) is 3. The quantitative estimate of drug-likeness (QED) is 0.811. The van der Waals surface area contributed by atoms with Crippen LogP contribution >= 0.6 is 15.9 Å². The third-order valence-corrected chi connectivity index (χ3v) is 2.68. The van der Waals surface area contributed by atoms with E-state index in [1.165, 1.54) is 0 Å². The molecule has 0 unspecified atom stereocenters. The monoisotopic (exact) mass is 254 g/mol. The fourth-order valence-corrected chi connectivity index (χ4v) is 1.74. The first-order valence-electron chi connectivity index (χ1n) is 4.44. The Balaban J connectivity index is 2.17. The van der Waals surface area contributed by atoms with E-state index in [1.807, 2.05) is 29.3 Å². The zero-order chi connectivity index (χ0) is 9.97. The van der Waals surface area contributed by atoms with Crippen molar-refractivity contribution in [3.05, 3.63) is 24.3 Å². The largest absolute Gasteiger partial charge is 0.497 e. The van der Waals surface area contributed by atoms with Gasteiger partial charge in [0.1, 0.15) is 10.4 Å². The van der Waals surface area contributed by atoms with Gasteiger partial charge in [0.15, 0.2) is 0 Å². The second-order valence-electron chi connectivity index (χ2n) is 3.05. The molecule has 14 heavy (non-hydrogen) atoms. The summed E-state index contributed by atoms with van der Waals surface area (Å²) in [7, 11) is 1.67. The summed E-state index contributed by atoms with van der Waals surface area (Å²) in [6.07, 6.45) is 0.978. The Labute approximate surface area is 91.5 Å². The number of halogens is 1. The molecule has 0 aromatic heterocycles. The smallest absolute Gasteiger partial charge is 0.119 e. The SMILES string of the molecule is COc1ccc(N2CCC(Br)=N2)cc1. The Kier molecular flexibility index (Phi) is 2.72. The normalized spacial score (nSPS) is 15.6. The maximum atomic E-state index is 5.09. The van der Waals surface area contributed by atoms with E-state index < -0.39 is 0 Å². The van der Waals surface area contributed by atoms with E-state index in [1.54, 1.807) is 7.11 Å². The number of rotatable bonds is 2. The van der Waals surface area contributed by atoms with Gasteiger partial charge in [0.25, 0.3) is 0 Å². The zero-order valence-corrected chi connectivity index (χ0v) is 9.49. The molecule has 0 bridgehead atoms. The highest BCUT2D eigenvalue weighted by molar-refractivity contribution is 9.18. The lowest BCUT2D eigenvalue weighted by atomic mass is 10.3. The molecule has 0 amide bonds. The summed E-state index contributed by atoms with van der Waals surface area (Å²) in [5.74, 6) is 0.871. The van der Waals surface area contributed by atoms with Gasteiger partial charge in [0.2, 0.25) is 0 Å². The number of anilines is 1. The van der Waals surface area contributed by atoms with Crippen LogP contribution < -0.4 is 9.75 Å². The van der Waals surface area contributed by atoms with E-state index in [9.17, 15) is 0 Å². The van der Waals surface area contributed by atoms with Crippen molar-refractivity contribution >= 4 is 26.2 Å². The molecule has 1 aliphatic heterocycles. The molecule has 0 atom stereocenters. The molecule has 0 fully saturated rings. The second-order valence-corrected chi connectivity index (χ2v) is 3.96. The predicted octanol–water partition coefficient (Wildman–Crippen LogP) is 2.61. The minimum Gasteiger partial charge on any atom is -0.497 e. The lowest BCUT2D eigenvalue weighted by molar-refractivity contribution is 0.415. The molecule has 0 saturated heterocycles.